The van der Waals surface area contributed by atoms with Crippen LogP contribution in [-0.4, -0.2) is 53.5 Å². The number of hydrogen-bond acceptors (Lipinski definition) is 5. The fourth-order valence-corrected chi connectivity index (χ4v) is 3.70. The molecule has 1 unspecified atom stereocenters. The van der Waals surface area contributed by atoms with E-state index in [-0.39, 0.29) is 0 Å². The summed E-state index contributed by atoms with van der Waals surface area (Å²) in [5, 5.41) is 18.6. The van der Waals surface area contributed by atoms with Crippen LogP contribution < -0.4 is 21.3 Å². The Morgan fingerprint density at radius 2 is 2.15 bits per heavy atom. The van der Waals surface area contributed by atoms with Crippen molar-refractivity contribution in [3.05, 3.63) is 60.6 Å². The third kappa shape index (κ3) is 5.73. The second-order valence-corrected chi connectivity index (χ2v) is 7.89. The predicted molar refractivity (Wildman–Crippen MR) is 125 cm³/mol. The van der Waals surface area contributed by atoms with E-state index >= 15 is 0 Å². The molecule has 1 aliphatic rings. The Labute approximate surface area is 193 Å². The minimum atomic E-state index is -4.48. The average Bonchev–Trinajstić information content (AvgIpc) is 3.47. The highest BCUT2D eigenvalue weighted by molar-refractivity contribution is 6.08. The summed E-state index contributed by atoms with van der Waals surface area (Å²) in [5.41, 5.74) is 4.07. The van der Waals surface area contributed by atoms with Crippen LogP contribution in [-0.2, 0) is 0 Å². The molecule has 11 heteroatoms. The molecule has 34 heavy (non-hydrogen) atoms. The van der Waals surface area contributed by atoms with Crippen molar-refractivity contribution in [3.63, 3.8) is 0 Å². The predicted octanol–water partition coefficient (Wildman–Crippen LogP) is 3.63. The normalized spacial score (nSPS) is 16.4. The molecule has 0 aliphatic carbocycles. The lowest BCUT2D eigenvalue weighted by Gasteiger charge is -2.11. The van der Waals surface area contributed by atoms with Gasteiger partial charge in [-0.2, -0.15) is 13.2 Å². The highest BCUT2D eigenvalue weighted by Gasteiger charge is 2.27. The van der Waals surface area contributed by atoms with E-state index in [1.807, 2.05) is 35.0 Å². The van der Waals surface area contributed by atoms with Crippen LogP contribution in [0, 0.1) is 5.41 Å². The van der Waals surface area contributed by atoms with Crippen molar-refractivity contribution < 1.29 is 18.0 Å². The van der Waals surface area contributed by atoms with Crippen molar-refractivity contribution in [1.82, 2.24) is 25.3 Å². The SMILES string of the molecule is N=C/C(=C\NC1CCNC1)c1ccn2c(-c3cccc(NC(=O)NCC(F)(F)F)c3)cnc2c1. The van der Waals surface area contributed by atoms with Crippen molar-refractivity contribution in [3.8, 4) is 11.3 Å². The monoisotopic (exact) mass is 471 g/mol. The zero-order valence-electron chi connectivity index (χ0n) is 18.1. The number of nitrogens with one attached hydrogen (secondary N) is 5. The fraction of sp³-hybridized carbons (Fsp3) is 0.261. The van der Waals surface area contributed by atoms with Crippen LogP contribution in [0.25, 0.3) is 22.5 Å². The second kappa shape index (κ2) is 9.96. The number of alkyl halides is 3. The number of carbonyl (C=O) groups excluding carboxylic acids is 1. The number of allylic oxidation sites excluding steroid dienone is 1. The largest absolute Gasteiger partial charge is 0.405 e. The highest BCUT2D eigenvalue weighted by Crippen LogP contribution is 2.25. The maximum atomic E-state index is 12.3. The zero-order valence-corrected chi connectivity index (χ0v) is 18.1. The first-order valence-electron chi connectivity index (χ1n) is 10.7. The maximum Gasteiger partial charge on any atom is 0.405 e. The Morgan fingerprint density at radius 3 is 2.88 bits per heavy atom. The second-order valence-electron chi connectivity index (χ2n) is 7.89. The van der Waals surface area contributed by atoms with Gasteiger partial charge in [0, 0.05) is 48.0 Å². The third-order valence-electron chi connectivity index (χ3n) is 5.40. The summed E-state index contributed by atoms with van der Waals surface area (Å²) < 4.78 is 38.7. The van der Waals surface area contributed by atoms with E-state index in [9.17, 15) is 18.0 Å². The van der Waals surface area contributed by atoms with Gasteiger partial charge in [0.15, 0.2) is 0 Å². The molecule has 1 fully saturated rings. The van der Waals surface area contributed by atoms with Gasteiger partial charge in [-0.25, -0.2) is 9.78 Å². The number of rotatable bonds is 7. The minimum Gasteiger partial charge on any atom is -0.386 e. The Kier molecular flexibility index (Phi) is 6.82. The Balaban J connectivity index is 1.52. The first-order chi connectivity index (χ1) is 16.3. The van der Waals surface area contributed by atoms with Gasteiger partial charge in [0.05, 0.1) is 11.9 Å². The van der Waals surface area contributed by atoms with E-state index in [0.29, 0.717) is 17.4 Å². The molecular formula is C23H24F3N7O. The van der Waals surface area contributed by atoms with Crippen LogP contribution in [0.15, 0.2) is 55.0 Å². The molecule has 1 aromatic carbocycles. The summed E-state index contributed by atoms with van der Waals surface area (Å²) in [5.74, 6) is 0. The van der Waals surface area contributed by atoms with Gasteiger partial charge in [0.1, 0.15) is 12.2 Å². The number of carbonyl (C=O) groups is 1. The molecule has 3 aromatic rings. The molecule has 1 atom stereocenters. The summed E-state index contributed by atoms with van der Waals surface area (Å²) in [6.45, 7) is 0.457. The molecule has 8 nitrogen and oxygen atoms in total. The summed E-state index contributed by atoms with van der Waals surface area (Å²) >= 11 is 0. The van der Waals surface area contributed by atoms with Gasteiger partial charge in [-0.05, 0) is 42.8 Å². The van der Waals surface area contributed by atoms with Gasteiger partial charge in [0.2, 0.25) is 0 Å². The van der Waals surface area contributed by atoms with Gasteiger partial charge in [-0.3, -0.25) is 4.40 Å². The molecule has 0 radical (unpaired) electrons. The number of benzene rings is 1. The number of imidazole rings is 1. The summed E-state index contributed by atoms with van der Waals surface area (Å²) in [6, 6.07) is 9.93. The number of anilines is 1. The third-order valence-corrected chi connectivity index (χ3v) is 5.40. The standard InChI is InChI=1S/C23H24F3N7O/c24-23(25,26)14-31-22(34)32-18-3-1-2-16(8-18)20-13-30-21-9-15(5-7-33(20)21)17(10-27)11-29-19-4-6-28-12-19/h1-3,5,7-11,13,19,27-29H,4,6,12,14H2,(H2,31,32,34)/b17-11+,27-10?. The molecule has 2 aromatic heterocycles. The van der Waals surface area contributed by atoms with Crippen LogP contribution in [0.5, 0.6) is 0 Å². The van der Waals surface area contributed by atoms with E-state index in [1.54, 1.807) is 29.7 Å². The van der Waals surface area contributed by atoms with Gasteiger partial charge >= 0.3 is 12.2 Å². The smallest absolute Gasteiger partial charge is 0.386 e. The number of urea groups is 1. The number of amides is 2. The van der Waals surface area contributed by atoms with E-state index in [1.165, 1.54) is 6.21 Å². The number of hydrogen-bond donors (Lipinski definition) is 5. The van der Waals surface area contributed by atoms with Gasteiger partial charge in [-0.1, -0.05) is 12.1 Å². The quantitative estimate of drug-likeness (QED) is 0.339. The molecule has 1 aliphatic heterocycles. The van der Waals surface area contributed by atoms with Crippen molar-refractivity contribution in [1.29, 1.82) is 5.41 Å². The molecule has 1 saturated heterocycles. The van der Waals surface area contributed by atoms with Gasteiger partial charge in [-0.15, -0.1) is 0 Å². The molecule has 4 rings (SSSR count). The molecular weight excluding hydrogens is 447 g/mol. The first kappa shape index (κ1) is 23.3. The lowest BCUT2D eigenvalue weighted by atomic mass is 10.1. The highest BCUT2D eigenvalue weighted by atomic mass is 19.4. The fourth-order valence-electron chi connectivity index (χ4n) is 3.70. The lowest BCUT2D eigenvalue weighted by Crippen LogP contribution is -2.36. The zero-order chi connectivity index (χ0) is 24.1. The number of aromatic nitrogens is 2. The Bertz CT molecular complexity index is 1210. The number of nitrogens with zero attached hydrogens (tertiary/aromatic N) is 2. The van der Waals surface area contributed by atoms with Crippen molar-refractivity contribution in [2.24, 2.45) is 0 Å². The topological polar surface area (TPSA) is 106 Å². The van der Waals surface area contributed by atoms with Crippen LogP contribution in [0.2, 0.25) is 0 Å². The number of fused-ring (bicyclic) bond motifs is 1. The van der Waals surface area contributed by atoms with Crippen molar-refractivity contribution in [2.45, 2.75) is 18.6 Å². The van der Waals surface area contributed by atoms with E-state index in [4.69, 9.17) is 5.41 Å². The number of halogens is 3. The average molecular weight is 471 g/mol. The van der Waals surface area contributed by atoms with Crippen molar-refractivity contribution >= 4 is 29.2 Å². The van der Waals surface area contributed by atoms with Crippen LogP contribution in [0.1, 0.15) is 12.0 Å². The number of pyridine rings is 1. The molecule has 2 amide bonds. The molecule has 3 heterocycles. The van der Waals surface area contributed by atoms with Gasteiger partial charge in [0.25, 0.3) is 0 Å². The van der Waals surface area contributed by atoms with Gasteiger partial charge < -0.3 is 26.7 Å². The van der Waals surface area contributed by atoms with Crippen LogP contribution in [0.4, 0.5) is 23.7 Å². The molecule has 5 N–H and O–H groups in total. The molecule has 178 valence electrons. The molecule has 0 bridgehead atoms. The van der Waals surface area contributed by atoms with Crippen LogP contribution in [0.3, 0.4) is 0 Å². The van der Waals surface area contributed by atoms with E-state index in [2.05, 4.69) is 20.9 Å². The summed E-state index contributed by atoms with van der Waals surface area (Å²) in [4.78, 5) is 16.2. The Morgan fingerprint density at radius 1 is 1.29 bits per heavy atom. The summed E-state index contributed by atoms with van der Waals surface area (Å²) in [6.07, 6.45) is 3.21. The summed E-state index contributed by atoms with van der Waals surface area (Å²) in [7, 11) is 0. The van der Waals surface area contributed by atoms with Crippen LogP contribution >= 0.6 is 0 Å². The van der Waals surface area contributed by atoms with E-state index < -0.39 is 18.8 Å². The first-order valence-corrected chi connectivity index (χ1v) is 10.7. The minimum absolute atomic E-state index is 0.341. The molecule has 0 saturated carbocycles. The lowest BCUT2D eigenvalue weighted by molar-refractivity contribution is -0.122. The van der Waals surface area contributed by atoms with Crippen molar-refractivity contribution in [2.75, 3.05) is 25.0 Å². The maximum absolute atomic E-state index is 12.3. The molecule has 0 spiro atoms. The Hall–Kier alpha value is -3.86. The van der Waals surface area contributed by atoms with E-state index in [0.717, 1.165) is 41.9 Å².